The van der Waals surface area contributed by atoms with E-state index in [9.17, 15) is 26.4 Å². The number of pyridine rings is 1. The van der Waals surface area contributed by atoms with Crippen LogP contribution in [-0.4, -0.2) is 63.7 Å². The molecule has 0 spiro atoms. The molecule has 7 nitrogen and oxygen atoms in total. The van der Waals surface area contributed by atoms with Crippen molar-refractivity contribution in [3.63, 3.8) is 0 Å². The molecule has 1 aliphatic heterocycles. The van der Waals surface area contributed by atoms with Crippen LogP contribution in [-0.2, 0) is 35.5 Å². The third-order valence-electron chi connectivity index (χ3n) is 7.45. The van der Waals surface area contributed by atoms with Gasteiger partial charge in [-0.15, -0.1) is 0 Å². The van der Waals surface area contributed by atoms with Crippen molar-refractivity contribution in [3.8, 4) is 0 Å². The summed E-state index contributed by atoms with van der Waals surface area (Å²) < 4.78 is 66.8. The number of carbonyl (C=O) groups excluding carboxylic acids is 1. The van der Waals surface area contributed by atoms with Crippen LogP contribution in [0.5, 0.6) is 0 Å². The number of hydrogen-bond acceptors (Lipinski definition) is 5. The highest BCUT2D eigenvalue weighted by molar-refractivity contribution is 7.92. The van der Waals surface area contributed by atoms with E-state index in [1.807, 2.05) is 6.07 Å². The molecule has 0 unspecified atom stereocenters. The number of nitrogens with one attached hydrogen (secondary N) is 1. The van der Waals surface area contributed by atoms with Crippen molar-refractivity contribution >= 4 is 21.7 Å². The van der Waals surface area contributed by atoms with E-state index in [1.54, 1.807) is 36.4 Å². The maximum Gasteiger partial charge on any atom is 0.416 e. The zero-order valence-electron chi connectivity index (χ0n) is 23.4. The average molecular weight is 589 g/mol. The molecule has 0 aliphatic carbocycles. The summed E-state index contributed by atoms with van der Waals surface area (Å²) in [4.78, 5) is 19.3. The van der Waals surface area contributed by atoms with Crippen LogP contribution in [0.1, 0.15) is 51.0 Å². The molecule has 220 valence electrons. The van der Waals surface area contributed by atoms with Crippen molar-refractivity contribution in [1.82, 2.24) is 15.2 Å². The fourth-order valence-corrected chi connectivity index (χ4v) is 5.53. The minimum absolute atomic E-state index is 0.0397. The van der Waals surface area contributed by atoms with E-state index in [-0.39, 0.29) is 36.2 Å². The van der Waals surface area contributed by atoms with Crippen LogP contribution in [0.3, 0.4) is 0 Å². The number of likely N-dealkylation sites (tertiary alicyclic amines) is 1. The first-order valence-corrected chi connectivity index (χ1v) is 15.3. The second-order valence-electron chi connectivity index (χ2n) is 10.6. The van der Waals surface area contributed by atoms with E-state index in [1.165, 1.54) is 19.3 Å². The van der Waals surface area contributed by atoms with Gasteiger partial charge in [-0.3, -0.25) is 9.10 Å². The number of rotatable bonds is 9. The Morgan fingerprint density at radius 2 is 1.71 bits per heavy atom. The predicted octanol–water partition coefficient (Wildman–Crippen LogP) is 4.70. The number of amides is 1. The molecule has 1 fully saturated rings. The third-order valence-corrected chi connectivity index (χ3v) is 8.62. The lowest BCUT2D eigenvalue weighted by Crippen LogP contribution is -2.43. The molecule has 1 amide bonds. The minimum Gasteiger partial charge on any atom is -0.349 e. The van der Waals surface area contributed by atoms with Gasteiger partial charge in [0.2, 0.25) is 10.0 Å². The SMILES string of the molecule is CN1CCC(NC(=O)c2cccc(Cc3ccc(C(F)(F)F)c(CCc4cccnc4N(C)S(C)(=O)=O)c3)c2)CC1. The van der Waals surface area contributed by atoms with Crippen LogP contribution in [0.4, 0.5) is 19.0 Å². The van der Waals surface area contributed by atoms with E-state index in [0.29, 0.717) is 23.1 Å². The maximum absolute atomic E-state index is 13.9. The molecule has 1 aliphatic rings. The number of anilines is 1. The molecule has 1 aromatic heterocycles. The number of aryl methyl sites for hydroxylation is 2. The van der Waals surface area contributed by atoms with Crippen molar-refractivity contribution in [2.45, 2.75) is 44.3 Å². The number of carbonyl (C=O) groups is 1. The molecule has 4 rings (SSSR count). The van der Waals surface area contributed by atoms with Gasteiger partial charge in [-0.2, -0.15) is 13.2 Å². The number of piperidine rings is 1. The van der Waals surface area contributed by atoms with Gasteiger partial charge in [0, 0.05) is 24.8 Å². The van der Waals surface area contributed by atoms with Gasteiger partial charge >= 0.3 is 6.18 Å². The van der Waals surface area contributed by atoms with Crippen LogP contribution < -0.4 is 9.62 Å². The first kappa shape index (κ1) is 30.5. The first-order chi connectivity index (χ1) is 19.3. The number of nitrogens with zero attached hydrogens (tertiary/aromatic N) is 3. The Morgan fingerprint density at radius 3 is 2.39 bits per heavy atom. The normalized spacial score (nSPS) is 15.1. The second-order valence-corrected chi connectivity index (χ2v) is 12.6. The number of sulfonamides is 1. The molecule has 0 atom stereocenters. The Balaban J connectivity index is 1.53. The first-order valence-electron chi connectivity index (χ1n) is 13.5. The number of aromatic nitrogens is 1. The highest BCUT2D eigenvalue weighted by Crippen LogP contribution is 2.34. The zero-order valence-corrected chi connectivity index (χ0v) is 24.2. The summed E-state index contributed by atoms with van der Waals surface area (Å²) in [5.74, 6) is 0.0379. The van der Waals surface area contributed by atoms with Gasteiger partial charge in [-0.05, 0) is 98.8 Å². The number of alkyl halides is 3. The van der Waals surface area contributed by atoms with E-state index < -0.39 is 21.8 Å². The molecule has 1 N–H and O–H groups in total. The van der Waals surface area contributed by atoms with Gasteiger partial charge in [-0.25, -0.2) is 13.4 Å². The largest absolute Gasteiger partial charge is 0.416 e. The van der Waals surface area contributed by atoms with Crippen LogP contribution in [0.2, 0.25) is 0 Å². The van der Waals surface area contributed by atoms with Crippen LogP contribution in [0, 0.1) is 0 Å². The van der Waals surface area contributed by atoms with E-state index in [0.717, 1.165) is 48.1 Å². The molecule has 3 aromatic rings. The summed E-state index contributed by atoms with van der Waals surface area (Å²) in [6, 6.07) is 14.7. The lowest BCUT2D eigenvalue weighted by atomic mass is 9.94. The van der Waals surface area contributed by atoms with Crippen molar-refractivity contribution in [2.75, 3.05) is 37.7 Å². The molecule has 0 bridgehead atoms. The fraction of sp³-hybridized carbons (Fsp3) is 0.400. The van der Waals surface area contributed by atoms with Gasteiger partial charge in [0.15, 0.2) is 0 Å². The monoisotopic (exact) mass is 588 g/mol. The van der Waals surface area contributed by atoms with Gasteiger partial charge < -0.3 is 10.2 Å². The summed E-state index contributed by atoms with van der Waals surface area (Å²) >= 11 is 0. The molecule has 2 heterocycles. The lowest BCUT2D eigenvalue weighted by Gasteiger charge is -2.29. The summed E-state index contributed by atoms with van der Waals surface area (Å²) in [7, 11) is -0.170. The summed E-state index contributed by atoms with van der Waals surface area (Å²) in [6.07, 6.45) is 0.300. The standard InChI is InChI=1S/C30H35F3N4O3S/c1-36-16-13-26(14-17-36)35-29(38)25-7-4-6-21(20-25)18-22-9-12-27(30(31,32)33)24(19-22)11-10-23-8-5-15-34-28(23)37(2)41(3,39)40/h4-9,12,15,19-20,26H,10-11,13-14,16-18H2,1-3H3,(H,35,38). The molecule has 2 aromatic carbocycles. The second kappa shape index (κ2) is 12.6. The molecule has 11 heteroatoms. The molecular weight excluding hydrogens is 553 g/mol. The van der Waals surface area contributed by atoms with Crippen LogP contribution in [0.15, 0.2) is 60.8 Å². The smallest absolute Gasteiger partial charge is 0.349 e. The Bertz CT molecular complexity index is 1490. The third kappa shape index (κ3) is 8.07. The van der Waals surface area contributed by atoms with Crippen molar-refractivity contribution < 1.29 is 26.4 Å². The minimum atomic E-state index is -4.54. The lowest BCUT2D eigenvalue weighted by molar-refractivity contribution is -0.138. The number of benzene rings is 2. The Kier molecular flexibility index (Phi) is 9.38. The highest BCUT2D eigenvalue weighted by Gasteiger charge is 2.33. The number of halogens is 3. The number of hydrogen-bond donors (Lipinski definition) is 1. The highest BCUT2D eigenvalue weighted by atomic mass is 32.2. The van der Waals surface area contributed by atoms with Gasteiger partial charge in [0.25, 0.3) is 5.91 Å². The topological polar surface area (TPSA) is 82.6 Å². The van der Waals surface area contributed by atoms with Gasteiger partial charge in [-0.1, -0.05) is 30.3 Å². The van der Waals surface area contributed by atoms with Crippen LogP contribution >= 0.6 is 0 Å². The maximum atomic E-state index is 13.9. The Morgan fingerprint density at radius 1 is 1.02 bits per heavy atom. The van der Waals surface area contributed by atoms with E-state index in [4.69, 9.17) is 0 Å². The summed E-state index contributed by atoms with van der Waals surface area (Å²) in [6.45, 7) is 1.86. The van der Waals surface area contributed by atoms with E-state index >= 15 is 0 Å². The predicted molar refractivity (Wildman–Crippen MR) is 154 cm³/mol. The fourth-order valence-electron chi connectivity index (χ4n) is 5.06. The Hall–Kier alpha value is -3.44. The molecule has 0 radical (unpaired) electrons. The average Bonchev–Trinajstić information content (AvgIpc) is 2.92. The molecule has 41 heavy (non-hydrogen) atoms. The van der Waals surface area contributed by atoms with E-state index in [2.05, 4.69) is 22.2 Å². The van der Waals surface area contributed by atoms with Gasteiger partial charge in [0.05, 0.1) is 11.8 Å². The van der Waals surface area contributed by atoms with Crippen LogP contribution in [0.25, 0.3) is 0 Å². The van der Waals surface area contributed by atoms with Crippen molar-refractivity contribution in [3.05, 3.63) is 94.2 Å². The summed E-state index contributed by atoms with van der Waals surface area (Å²) in [5.41, 5.74) is 1.93. The molecular formula is C30H35F3N4O3S. The van der Waals surface area contributed by atoms with Crippen molar-refractivity contribution in [2.24, 2.45) is 0 Å². The molecule has 1 saturated heterocycles. The molecule has 0 saturated carbocycles. The quantitative estimate of drug-likeness (QED) is 0.392. The Labute approximate surface area is 239 Å². The van der Waals surface area contributed by atoms with Gasteiger partial charge in [0.1, 0.15) is 5.82 Å². The zero-order chi connectivity index (χ0) is 29.8. The summed E-state index contributed by atoms with van der Waals surface area (Å²) in [5, 5.41) is 3.10. The van der Waals surface area contributed by atoms with Crippen molar-refractivity contribution in [1.29, 1.82) is 0 Å².